The van der Waals surface area contributed by atoms with Crippen LogP contribution in [0.5, 0.6) is 0 Å². The average Bonchev–Trinajstić information content (AvgIpc) is 2.84. The number of hydrogen-bond acceptors (Lipinski definition) is 7. The zero-order chi connectivity index (χ0) is 28.8. The Kier molecular flexibility index (Phi) is 8.76. The van der Waals surface area contributed by atoms with E-state index in [4.69, 9.17) is 10.8 Å². The molecule has 204 valence electrons. The number of carboxylic acid groups (broad SMARTS) is 1. The summed E-state index contributed by atoms with van der Waals surface area (Å²) in [4.78, 5) is 19.2. The van der Waals surface area contributed by atoms with Gasteiger partial charge in [0.2, 0.25) is 5.95 Å². The zero-order valence-corrected chi connectivity index (χ0v) is 21.5. The molecule has 0 amide bonds. The summed E-state index contributed by atoms with van der Waals surface area (Å²) in [6, 6.07) is 18.3. The molecule has 0 saturated heterocycles. The van der Waals surface area contributed by atoms with E-state index in [1.54, 1.807) is 32.0 Å². The Hall–Kier alpha value is -4.65. The number of nitrogen functional groups attached to an aromatic ring is 1. The van der Waals surface area contributed by atoms with Crippen LogP contribution in [0.4, 0.5) is 36.2 Å². The van der Waals surface area contributed by atoms with Crippen LogP contribution < -0.4 is 15.8 Å². The van der Waals surface area contributed by atoms with Gasteiger partial charge in [-0.15, -0.1) is 0 Å². The lowest BCUT2D eigenvalue weighted by atomic mass is 10.1. The number of nitrogens with one attached hydrogen (secondary N) is 2. The largest absolute Gasteiger partial charge is 0.478 e. The first-order chi connectivity index (χ1) is 18.2. The van der Waals surface area contributed by atoms with Gasteiger partial charge in [-0.05, 0) is 74.5 Å². The molecule has 9 nitrogen and oxygen atoms in total. The second-order valence-corrected chi connectivity index (χ2v) is 9.89. The van der Waals surface area contributed by atoms with Crippen molar-refractivity contribution >= 4 is 39.0 Å². The van der Waals surface area contributed by atoms with Crippen molar-refractivity contribution in [1.29, 1.82) is 0 Å². The second kappa shape index (κ2) is 11.8. The molecule has 1 aromatic heterocycles. The molecule has 13 heteroatoms. The normalized spacial score (nSPS) is 11.2. The van der Waals surface area contributed by atoms with Crippen molar-refractivity contribution in [2.45, 2.75) is 24.9 Å². The lowest BCUT2D eigenvalue weighted by Gasteiger charge is -2.12. The number of rotatable bonds is 6. The average molecular weight is 560 g/mol. The van der Waals surface area contributed by atoms with E-state index in [2.05, 4.69) is 20.0 Å². The Morgan fingerprint density at radius 3 is 2.10 bits per heavy atom. The molecular weight excluding hydrogens is 535 g/mol. The van der Waals surface area contributed by atoms with Gasteiger partial charge in [-0.1, -0.05) is 18.2 Å². The van der Waals surface area contributed by atoms with Gasteiger partial charge in [0.1, 0.15) is 0 Å². The number of anilines is 4. The van der Waals surface area contributed by atoms with Crippen LogP contribution in [-0.2, 0) is 16.2 Å². The summed E-state index contributed by atoms with van der Waals surface area (Å²) in [6.45, 7) is 3.55. The van der Waals surface area contributed by atoms with E-state index in [-0.39, 0.29) is 27.8 Å². The molecule has 0 radical (unpaired) electrons. The number of carbonyl (C=O) groups is 1. The fraction of sp³-hybridized carbons (Fsp3) is 0.115. The van der Waals surface area contributed by atoms with Crippen LogP contribution >= 0.6 is 0 Å². The highest BCUT2D eigenvalue weighted by molar-refractivity contribution is 7.92. The fourth-order valence-corrected chi connectivity index (χ4v) is 4.25. The Labute approximate surface area is 222 Å². The number of nitrogens with zero attached hydrogens (tertiary/aromatic N) is 2. The molecule has 39 heavy (non-hydrogen) atoms. The number of alkyl halides is 3. The Morgan fingerprint density at radius 1 is 0.897 bits per heavy atom. The molecular formula is C26H24F3N5O4S. The number of aromatic nitrogens is 2. The van der Waals surface area contributed by atoms with Gasteiger partial charge in [0, 0.05) is 22.8 Å². The first kappa shape index (κ1) is 28.9. The maximum Gasteiger partial charge on any atom is 0.416 e. The first-order valence-electron chi connectivity index (χ1n) is 11.2. The molecule has 0 aliphatic heterocycles. The van der Waals surface area contributed by atoms with E-state index < -0.39 is 27.7 Å². The summed E-state index contributed by atoms with van der Waals surface area (Å²) in [5.41, 5.74) is 7.02. The SMILES string of the molecule is Cc1cc(C)nc(NS(=O)(=O)c2ccc(N)cc2)n1.O=C(O)c1ccccc1Nc1cccc(C(F)(F)F)c1. The van der Waals surface area contributed by atoms with Crippen LogP contribution in [0.2, 0.25) is 0 Å². The molecule has 0 spiro atoms. The van der Waals surface area contributed by atoms with E-state index >= 15 is 0 Å². The van der Waals surface area contributed by atoms with Crippen molar-refractivity contribution in [2.24, 2.45) is 0 Å². The molecule has 0 atom stereocenters. The predicted molar refractivity (Wildman–Crippen MR) is 141 cm³/mol. The van der Waals surface area contributed by atoms with Crippen LogP contribution in [0.15, 0.2) is 83.8 Å². The van der Waals surface area contributed by atoms with Crippen molar-refractivity contribution in [1.82, 2.24) is 9.97 Å². The zero-order valence-electron chi connectivity index (χ0n) is 20.7. The maximum atomic E-state index is 12.6. The molecule has 0 aliphatic carbocycles. The predicted octanol–water partition coefficient (Wildman–Crippen LogP) is 5.62. The third-order valence-electron chi connectivity index (χ3n) is 5.02. The van der Waals surface area contributed by atoms with Gasteiger partial charge in [-0.2, -0.15) is 13.2 Å². The van der Waals surface area contributed by atoms with Gasteiger partial charge in [-0.25, -0.2) is 27.9 Å². The third kappa shape index (κ3) is 8.17. The number of benzene rings is 3. The minimum Gasteiger partial charge on any atom is -0.478 e. The third-order valence-corrected chi connectivity index (χ3v) is 6.37. The van der Waals surface area contributed by atoms with E-state index in [0.717, 1.165) is 12.1 Å². The molecule has 3 aromatic carbocycles. The summed E-state index contributed by atoms with van der Waals surface area (Å²) in [5, 5.41) is 11.7. The van der Waals surface area contributed by atoms with Crippen molar-refractivity contribution < 1.29 is 31.5 Å². The van der Waals surface area contributed by atoms with Gasteiger partial charge >= 0.3 is 12.1 Å². The molecule has 0 aliphatic rings. The van der Waals surface area contributed by atoms with Crippen molar-refractivity contribution in [2.75, 3.05) is 15.8 Å². The van der Waals surface area contributed by atoms with Crippen LogP contribution in [0.3, 0.4) is 0 Å². The molecule has 5 N–H and O–H groups in total. The van der Waals surface area contributed by atoms with E-state index in [9.17, 15) is 26.4 Å². The van der Waals surface area contributed by atoms with E-state index in [1.165, 1.54) is 48.5 Å². The smallest absolute Gasteiger partial charge is 0.416 e. The number of para-hydroxylation sites is 1. The Balaban J connectivity index is 0.000000216. The number of aromatic carboxylic acids is 1. The summed E-state index contributed by atoms with van der Waals surface area (Å²) in [6.07, 6.45) is -4.44. The Bertz CT molecular complexity index is 1560. The minimum atomic E-state index is -4.44. The monoisotopic (exact) mass is 559 g/mol. The van der Waals surface area contributed by atoms with Gasteiger partial charge in [-0.3, -0.25) is 0 Å². The number of nitrogens with two attached hydrogens (primary N) is 1. The lowest BCUT2D eigenvalue weighted by molar-refractivity contribution is -0.137. The van der Waals surface area contributed by atoms with Crippen molar-refractivity contribution in [3.05, 3.63) is 101 Å². The van der Waals surface area contributed by atoms with E-state index in [1.807, 2.05) is 0 Å². The summed E-state index contributed by atoms with van der Waals surface area (Å²) < 4.78 is 64.3. The van der Waals surface area contributed by atoms with Crippen molar-refractivity contribution in [3.8, 4) is 0 Å². The maximum absolute atomic E-state index is 12.6. The van der Waals surface area contributed by atoms with Crippen molar-refractivity contribution in [3.63, 3.8) is 0 Å². The highest BCUT2D eigenvalue weighted by Crippen LogP contribution is 2.31. The standard InChI is InChI=1S/C14H10F3NO2.C12H14N4O2S/c15-14(16,17)9-4-3-5-10(8-9)18-12-7-2-1-6-11(12)13(19)20;1-8-7-9(2)15-12(14-8)16-19(17,18)11-5-3-10(13)4-6-11/h1-8,18H,(H,19,20);3-7H,13H2,1-2H3,(H,14,15,16). The Morgan fingerprint density at radius 2 is 1.51 bits per heavy atom. The summed E-state index contributed by atoms with van der Waals surface area (Å²) in [5.74, 6) is -1.09. The summed E-state index contributed by atoms with van der Waals surface area (Å²) >= 11 is 0. The van der Waals surface area contributed by atoms with Gasteiger partial charge in [0.05, 0.1) is 21.7 Å². The molecule has 0 fully saturated rings. The highest BCUT2D eigenvalue weighted by Gasteiger charge is 2.30. The molecule has 0 unspecified atom stereocenters. The van der Waals surface area contributed by atoms with E-state index in [0.29, 0.717) is 17.1 Å². The number of carboxylic acids is 1. The van der Waals surface area contributed by atoms with Gasteiger partial charge in [0.15, 0.2) is 0 Å². The number of aryl methyl sites for hydroxylation is 2. The molecule has 1 heterocycles. The quantitative estimate of drug-likeness (QED) is 0.223. The van der Waals surface area contributed by atoms with Crippen LogP contribution in [0.1, 0.15) is 27.3 Å². The highest BCUT2D eigenvalue weighted by atomic mass is 32.2. The number of sulfonamides is 1. The lowest BCUT2D eigenvalue weighted by Crippen LogP contribution is -2.15. The topological polar surface area (TPSA) is 147 Å². The number of hydrogen-bond donors (Lipinski definition) is 4. The van der Waals surface area contributed by atoms with Crippen LogP contribution in [0.25, 0.3) is 0 Å². The van der Waals surface area contributed by atoms with Crippen LogP contribution in [0, 0.1) is 13.8 Å². The molecule has 4 rings (SSSR count). The summed E-state index contributed by atoms with van der Waals surface area (Å²) in [7, 11) is -3.69. The van der Waals surface area contributed by atoms with Crippen LogP contribution in [-0.4, -0.2) is 29.5 Å². The number of halogens is 3. The minimum absolute atomic E-state index is 0.00934. The van der Waals surface area contributed by atoms with Gasteiger partial charge in [0.25, 0.3) is 10.0 Å². The molecule has 0 saturated carbocycles. The molecule has 0 bridgehead atoms. The molecule has 4 aromatic rings. The first-order valence-corrected chi connectivity index (χ1v) is 12.7. The van der Waals surface area contributed by atoms with Gasteiger partial charge < -0.3 is 16.2 Å². The fourth-order valence-electron chi connectivity index (χ4n) is 3.31. The second-order valence-electron chi connectivity index (χ2n) is 8.20.